The third-order valence-corrected chi connectivity index (χ3v) is 10.3. The maximum absolute atomic E-state index is 9.22. The number of hydrogen-bond acceptors (Lipinski definition) is 5. The van der Waals surface area contributed by atoms with E-state index in [1.165, 1.54) is 37.7 Å². The molecule has 1 aromatic heterocycles. The number of aliphatic hydroxyl groups is 1. The monoisotopic (exact) mass is 505 g/mol. The molecule has 2 saturated carbocycles. The minimum absolute atomic E-state index is 0.0184. The van der Waals surface area contributed by atoms with Gasteiger partial charge < -0.3 is 19.3 Å². The molecule has 37 heavy (non-hydrogen) atoms. The van der Waals surface area contributed by atoms with E-state index >= 15 is 0 Å². The molecule has 3 fully saturated rings. The summed E-state index contributed by atoms with van der Waals surface area (Å²) in [5.74, 6) is 5.32. The second-order valence-corrected chi connectivity index (χ2v) is 12.4. The molecule has 0 radical (unpaired) electrons. The van der Waals surface area contributed by atoms with Crippen molar-refractivity contribution in [3.63, 3.8) is 0 Å². The molecule has 2 heterocycles. The van der Waals surface area contributed by atoms with E-state index < -0.39 is 0 Å². The molecule has 200 valence electrons. The highest BCUT2D eigenvalue weighted by molar-refractivity contribution is 5.41. The normalized spacial score (nSPS) is 34.8. The average Bonchev–Trinajstić information content (AvgIpc) is 3.25. The van der Waals surface area contributed by atoms with Crippen molar-refractivity contribution in [1.82, 2.24) is 4.98 Å². The van der Waals surface area contributed by atoms with Crippen LogP contribution in [0.1, 0.15) is 87.8 Å². The van der Waals surface area contributed by atoms with Crippen LogP contribution in [0.15, 0.2) is 36.5 Å². The first kappa shape index (κ1) is 25.2. The minimum Gasteiger partial charge on any atom is -0.478 e. The summed E-state index contributed by atoms with van der Waals surface area (Å²) in [6.45, 7) is 6.65. The van der Waals surface area contributed by atoms with Crippen LogP contribution in [-0.4, -0.2) is 29.6 Å². The van der Waals surface area contributed by atoms with Crippen LogP contribution in [0.4, 0.5) is 0 Å². The van der Waals surface area contributed by atoms with Gasteiger partial charge in [-0.1, -0.05) is 19.9 Å². The van der Waals surface area contributed by atoms with Crippen molar-refractivity contribution in [2.75, 3.05) is 13.2 Å². The number of aromatic nitrogens is 1. The van der Waals surface area contributed by atoms with Crippen molar-refractivity contribution < 1.29 is 19.3 Å². The fourth-order valence-electron chi connectivity index (χ4n) is 8.46. The van der Waals surface area contributed by atoms with Gasteiger partial charge in [-0.15, -0.1) is 0 Å². The van der Waals surface area contributed by atoms with E-state index in [-0.39, 0.29) is 12.9 Å². The van der Waals surface area contributed by atoms with Gasteiger partial charge in [0, 0.05) is 18.7 Å². The number of pyridine rings is 1. The van der Waals surface area contributed by atoms with Gasteiger partial charge in [0.1, 0.15) is 5.75 Å². The van der Waals surface area contributed by atoms with Gasteiger partial charge in [-0.25, -0.2) is 4.98 Å². The molecule has 1 aromatic carbocycles. The average molecular weight is 506 g/mol. The van der Waals surface area contributed by atoms with Crippen LogP contribution in [0, 0.1) is 29.1 Å². The summed E-state index contributed by atoms with van der Waals surface area (Å²) < 4.78 is 18.1. The smallest absolute Gasteiger partial charge is 0.213 e. The number of hydrogen-bond donors (Lipinski definition) is 1. The number of benzene rings is 1. The second-order valence-electron chi connectivity index (χ2n) is 12.4. The summed E-state index contributed by atoms with van der Waals surface area (Å²) in [4.78, 5) is 4.34. The van der Waals surface area contributed by atoms with E-state index in [9.17, 15) is 5.11 Å². The van der Waals surface area contributed by atoms with Crippen LogP contribution >= 0.6 is 0 Å². The van der Waals surface area contributed by atoms with E-state index in [4.69, 9.17) is 14.2 Å². The van der Waals surface area contributed by atoms with Crippen molar-refractivity contribution >= 4 is 0 Å². The van der Waals surface area contributed by atoms with Crippen molar-refractivity contribution in [1.29, 1.82) is 0 Å². The lowest BCUT2D eigenvalue weighted by Gasteiger charge is -2.53. The fourth-order valence-corrected chi connectivity index (χ4v) is 8.46. The van der Waals surface area contributed by atoms with E-state index in [1.807, 2.05) is 12.1 Å². The van der Waals surface area contributed by atoms with Gasteiger partial charge in [0.25, 0.3) is 0 Å². The highest BCUT2D eigenvalue weighted by Gasteiger charge is 2.55. The zero-order valence-corrected chi connectivity index (χ0v) is 22.5. The van der Waals surface area contributed by atoms with E-state index in [1.54, 1.807) is 11.8 Å². The Kier molecular flexibility index (Phi) is 7.19. The lowest BCUT2D eigenvalue weighted by Crippen LogP contribution is -2.45. The maximum Gasteiger partial charge on any atom is 0.213 e. The van der Waals surface area contributed by atoms with Crippen molar-refractivity contribution in [2.24, 2.45) is 29.1 Å². The Morgan fingerprint density at radius 3 is 2.81 bits per heavy atom. The van der Waals surface area contributed by atoms with E-state index in [0.29, 0.717) is 23.1 Å². The Bertz CT molecular complexity index is 1060. The van der Waals surface area contributed by atoms with Crippen LogP contribution in [-0.2, 0) is 17.8 Å². The molecule has 4 unspecified atom stereocenters. The Balaban J connectivity index is 1.11. The van der Waals surface area contributed by atoms with Crippen LogP contribution in [0.3, 0.4) is 0 Å². The highest BCUT2D eigenvalue weighted by Crippen LogP contribution is 2.64. The fraction of sp³-hybridized carbons (Fsp3) is 0.656. The van der Waals surface area contributed by atoms with E-state index in [0.717, 1.165) is 68.0 Å². The number of nitrogens with zero attached hydrogens (tertiary/aromatic N) is 1. The molecular formula is C32H43NO4. The molecule has 0 amide bonds. The third-order valence-electron chi connectivity index (χ3n) is 10.3. The van der Waals surface area contributed by atoms with Gasteiger partial charge in [-0.3, -0.25) is 0 Å². The number of rotatable bonds is 7. The molecule has 0 spiro atoms. The van der Waals surface area contributed by atoms with Crippen molar-refractivity contribution in [2.45, 2.75) is 90.4 Å². The predicted octanol–water partition coefficient (Wildman–Crippen LogP) is 6.67. The lowest BCUT2D eigenvalue weighted by molar-refractivity contribution is -0.105. The highest BCUT2D eigenvalue weighted by atomic mass is 16.7. The second kappa shape index (κ2) is 10.6. The predicted molar refractivity (Wildman–Crippen MR) is 144 cm³/mol. The zero-order chi connectivity index (χ0) is 25.4. The SMILES string of the molecule is C[C@@H]1Cc2cc(OC3CCCCO3)ccc2C2CC[C@@]3(C)C(CC[C@@H]3CCOc3ccc(CO)cn3)C21. The Morgan fingerprint density at radius 1 is 1.11 bits per heavy atom. The van der Waals surface area contributed by atoms with Crippen LogP contribution in [0.5, 0.6) is 11.6 Å². The molecular weight excluding hydrogens is 462 g/mol. The first-order valence-corrected chi connectivity index (χ1v) is 14.6. The minimum atomic E-state index is -0.0777. The van der Waals surface area contributed by atoms with Gasteiger partial charge in [-0.05, 0) is 121 Å². The number of ether oxygens (including phenoxy) is 3. The summed E-state index contributed by atoms with van der Waals surface area (Å²) >= 11 is 0. The topological polar surface area (TPSA) is 60.8 Å². The summed E-state index contributed by atoms with van der Waals surface area (Å²) in [6.07, 6.45) is 12.5. The summed E-state index contributed by atoms with van der Waals surface area (Å²) in [7, 11) is 0. The largest absolute Gasteiger partial charge is 0.478 e. The number of aliphatic hydroxyl groups excluding tert-OH is 1. The lowest BCUT2D eigenvalue weighted by atomic mass is 9.51. The molecule has 3 aliphatic carbocycles. The molecule has 1 N–H and O–H groups in total. The quantitative estimate of drug-likeness (QED) is 0.456. The van der Waals surface area contributed by atoms with Gasteiger partial charge >= 0.3 is 0 Å². The Hall–Kier alpha value is -2.11. The van der Waals surface area contributed by atoms with Crippen LogP contribution in [0.2, 0.25) is 0 Å². The van der Waals surface area contributed by atoms with E-state index in [2.05, 4.69) is 37.0 Å². The molecule has 0 bridgehead atoms. The molecule has 1 aliphatic heterocycles. The van der Waals surface area contributed by atoms with Crippen LogP contribution < -0.4 is 9.47 Å². The summed E-state index contributed by atoms with van der Waals surface area (Å²) in [6, 6.07) is 10.7. The Morgan fingerprint density at radius 2 is 2.03 bits per heavy atom. The van der Waals surface area contributed by atoms with Gasteiger partial charge in [-0.2, -0.15) is 0 Å². The molecule has 7 atom stereocenters. The zero-order valence-electron chi connectivity index (χ0n) is 22.5. The summed E-state index contributed by atoms with van der Waals surface area (Å²) in [5, 5.41) is 9.22. The Labute approximate surface area is 221 Å². The van der Waals surface area contributed by atoms with Crippen molar-refractivity contribution in [3.05, 3.63) is 53.2 Å². The van der Waals surface area contributed by atoms with Crippen LogP contribution in [0.25, 0.3) is 0 Å². The maximum atomic E-state index is 9.22. The molecule has 5 heteroatoms. The summed E-state index contributed by atoms with van der Waals surface area (Å²) in [5.41, 5.74) is 4.33. The standard InChI is InChI=1S/C32H43NO4/c1-21-17-23-18-25(37-30-5-3-4-15-36-30)8-9-26(23)27-12-14-32(2)24(7-10-28(32)31(21)27)13-16-35-29-11-6-22(20-34)19-33-29/h6,8-9,11,18-19,21,24,27-28,30-31,34H,3-5,7,10,12-17,20H2,1-2H3/t21-,24-,27?,28?,30?,31?,32-/m1/s1. The molecule has 1 saturated heterocycles. The number of fused-ring (bicyclic) bond motifs is 5. The third kappa shape index (κ3) is 4.90. The van der Waals surface area contributed by atoms with Gasteiger partial charge in [0.15, 0.2) is 6.29 Å². The first-order valence-electron chi connectivity index (χ1n) is 14.6. The van der Waals surface area contributed by atoms with Crippen molar-refractivity contribution in [3.8, 4) is 11.6 Å². The molecule has 6 rings (SSSR count). The molecule has 5 nitrogen and oxygen atoms in total. The first-order chi connectivity index (χ1) is 18.0. The van der Waals surface area contributed by atoms with Gasteiger partial charge in [0.05, 0.1) is 19.8 Å². The molecule has 4 aliphatic rings. The van der Waals surface area contributed by atoms with Gasteiger partial charge in [0.2, 0.25) is 5.88 Å². The molecule has 2 aromatic rings.